The number of hydrogen-bond acceptors (Lipinski definition) is 2. The molecule has 2 nitrogen and oxygen atoms in total. The van der Waals surface area contributed by atoms with Gasteiger partial charge in [-0.1, -0.05) is 18.1 Å². The third kappa shape index (κ3) is 6.13. The zero-order chi connectivity index (χ0) is 16.5. The van der Waals surface area contributed by atoms with Crippen LogP contribution in [-0.4, -0.2) is 17.6 Å². The van der Waals surface area contributed by atoms with E-state index in [1.54, 1.807) is 0 Å². The maximum Gasteiger partial charge on any atom is 0.127 e. The summed E-state index contributed by atoms with van der Waals surface area (Å²) in [5.74, 6) is 8.46. The third-order valence-electron chi connectivity index (χ3n) is 3.62. The van der Waals surface area contributed by atoms with E-state index < -0.39 is 0 Å². The molecule has 0 aliphatic carbocycles. The molecular weight excluding hydrogens is 296 g/mol. The smallest absolute Gasteiger partial charge is 0.127 e. The highest BCUT2D eigenvalue weighted by molar-refractivity contribution is 6.19. The molecule has 0 aliphatic heterocycles. The van der Waals surface area contributed by atoms with Crippen LogP contribution < -0.4 is 0 Å². The van der Waals surface area contributed by atoms with E-state index in [1.165, 1.54) is 0 Å². The van der Waals surface area contributed by atoms with E-state index in [0.717, 1.165) is 47.5 Å². The van der Waals surface area contributed by atoms with Crippen LogP contribution in [0.5, 0.6) is 0 Å². The lowest BCUT2D eigenvalue weighted by molar-refractivity contribution is 0.332. The largest absolute Gasteiger partial charge is 0.461 e. The number of aliphatic hydroxyl groups is 1. The van der Waals surface area contributed by atoms with E-state index in [-0.39, 0.29) is 6.61 Å². The first-order valence-corrected chi connectivity index (χ1v) is 8.05. The number of aliphatic hydroxyl groups excluding tert-OH is 1. The van der Waals surface area contributed by atoms with Crippen molar-refractivity contribution in [1.82, 2.24) is 0 Å². The monoisotopic (exact) mass is 320 g/mol. The van der Waals surface area contributed by atoms with Gasteiger partial charge < -0.3 is 9.52 Å². The lowest BCUT2D eigenvalue weighted by Gasteiger charge is -2.14. The molecule has 0 amide bonds. The molecule has 0 fully saturated rings. The predicted molar refractivity (Wildman–Crippen MR) is 93.9 cm³/mol. The molecule has 0 aliphatic rings. The third-order valence-corrected chi connectivity index (χ3v) is 3.75. The maximum absolute atomic E-state index is 9.09. The van der Waals surface area contributed by atoms with Crippen LogP contribution in [0.4, 0.5) is 0 Å². The summed E-state index contributed by atoms with van der Waals surface area (Å²) in [6.45, 7) is 10.1. The standard InChI is InChI=1S/C19H25ClO2/c1-14(2)17(8-6-5-7-9-20)12-19-16(4)11-18(22-19)10-15(3)13-21/h10-11,17,21H,1,6,8-9,12-13H2,2-4H3/b15-10-/t17-/m0/s1. The maximum atomic E-state index is 9.09. The van der Waals surface area contributed by atoms with Gasteiger partial charge in [-0.05, 0) is 56.4 Å². The predicted octanol–water partition coefficient (Wildman–Crippen LogP) is 4.74. The van der Waals surface area contributed by atoms with E-state index in [4.69, 9.17) is 21.1 Å². The Bertz CT molecular complexity index is 584. The first kappa shape index (κ1) is 18.6. The molecule has 1 aromatic rings. The lowest BCUT2D eigenvalue weighted by Crippen LogP contribution is -2.05. The zero-order valence-electron chi connectivity index (χ0n) is 13.7. The number of furan rings is 1. The van der Waals surface area contributed by atoms with Gasteiger partial charge in [0.1, 0.15) is 11.5 Å². The van der Waals surface area contributed by atoms with Crippen LogP contribution >= 0.6 is 11.6 Å². The van der Waals surface area contributed by atoms with Gasteiger partial charge in [-0.15, -0.1) is 17.5 Å². The highest BCUT2D eigenvalue weighted by Gasteiger charge is 2.15. The molecule has 3 heteroatoms. The summed E-state index contributed by atoms with van der Waals surface area (Å²) in [6.07, 6.45) is 4.48. The number of allylic oxidation sites excluding steroid dienone is 1. The van der Waals surface area contributed by atoms with Gasteiger partial charge in [0.15, 0.2) is 0 Å². The van der Waals surface area contributed by atoms with Crippen LogP contribution in [0.15, 0.2) is 28.2 Å². The average molecular weight is 321 g/mol. The molecule has 1 rings (SSSR count). The van der Waals surface area contributed by atoms with Crippen molar-refractivity contribution in [3.8, 4) is 11.8 Å². The van der Waals surface area contributed by atoms with Crippen LogP contribution in [0.2, 0.25) is 0 Å². The Hall–Kier alpha value is -1.43. The fraction of sp³-hybridized carbons (Fsp3) is 0.474. The number of aryl methyl sites for hydroxylation is 1. The molecule has 22 heavy (non-hydrogen) atoms. The van der Waals surface area contributed by atoms with Crippen molar-refractivity contribution in [2.45, 2.75) is 40.0 Å². The van der Waals surface area contributed by atoms with Gasteiger partial charge in [0.2, 0.25) is 0 Å². The molecule has 1 aromatic heterocycles. The van der Waals surface area contributed by atoms with Crippen molar-refractivity contribution in [3.05, 3.63) is 40.9 Å². The van der Waals surface area contributed by atoms with Crippen molar-refractivity contribution >= 4 is 17.7 Å². The summed E-state index contributed by atoms with van der Waals surface area (Å²) < 4.78 is 5.91. The molecule has 0 aromatic carbocycles. The van der Waals surface area contributed by atoms with Crippen LogP contribution in [0, 0.1) is 24.7 Å². The fourth-order valence-corrected chi connectivity index (χ4v) is 2.33. The summed E-state index contributed by atoms with van der Waals surface area (Å²) in [5, 5.41) is 9.09. The average Bonchev–Trinajstić information content (AvgIpc) is 2.81. The quantitative estimate of drug-likeness (QED) is 0.447. The van der Waals surface area contributed by atoms with Gasteiger partial charge >= 0.3 is 0 Å². The van der Waals surface area contributed by atoms with E-state index >= 15 is 0 Å². The van der Waals surface area contributed by atoms with E-state index in [1.807, 2.05) is 26.0 Å². The molecule has 0 saturated heterocycles. The highest BCUT2D eigenvalue weighted by atomic mass is 35.5. The lowest BCUT2D eigenvalue weighted by atomic mass is 9.91. The van der Waals surface area contributed by atoms with Gasteiger partial charge in [0.05, 0.1) is 12.5 Å². The molecule has 0 spiro atoms. The van der Waals surface area contributed by atoms with Crippen LogP contribution in [-0.2, 0) is 6.42 Å². The Kier molecular flexibility index (Phi) is 8.09. The molecule has 0 radical (unpaired) electrons. The molecular formula is C19H25ClO2. The second-order valence-corrected chi connectivity index (χ2v) is 5.94. The Morgan fingerprint density at radius 3 is 2.77 bits per heavy atom. The Morgan fingerprint density at radius 2 is 2.18 bits per heavy atom. The van der Waals surface area contributed by atoms with Gasteiger partial charge in [-0.2, -0.15) is 0 Å². The van der Waals surface area contributed by atoms with Crippen molar-refractivity contribution in [1.29, 1.82) is 0 Å². The fourth-order valence-electron chi connectivity index (χ4n) is 2.24. The Labute approximate surface area is 138 Å². The van der Waals surface area contributed by atoms with Crippen molar-refractivity contribution in [3.63, 3.8) is 0 Å². The molecule has 1 atom stereocenters. The minimum atomic E-state index is 0.0444. The zero-order valence-corrected chi connectivity index (χ0v) is 14.5. The van der Waals surface area contributed by atoms with Crippen molar-refractivity contribution in [2.75, 3.05) is 12.5 Å². The van der Waals surface area contributed by atoms with Gasteiger partial charge in [0, 0.05) is 12.8 Å². The number of alkyl halides is 1. The van der Waals surface area contributed by atoms with E-state index in [9.17, 15) is 0 Å². The first-order chi connectivity index (χ1) is 10.5. The second kappa shape index (κ2) is 9.56. The summed E-state index contributed by atoms with van der Waals surface area (Å²) >= 11 is 5.56. The van der Waals surface area contributed by atoms with Gasteiger partial charge in [-0.25, -0.2) is 0 Å². The van der Waals surface area contributed by atoms with Gasteiger partial charge in [0.25, 0.3) is 0 Å². The number of rotatable bonds is 7. The molecule has 0 bridgehead atoms. The second-order valence-electron chi connectivity index (χ2n) is 5.68. The van der Waals surface area contributed by atoms with Crippen LogP contribution in [0.1, 0.15) is 43.8 Å². The Balaban J connectivity index is 2.79. The Morgan fingerprint density at radius 1 is 1.45 bits per heavy atom. The normalized spacial score (nSPS) is 12.7. The topological polar surface area (TPSA) is 33.4 Å². The number of halogens is 1. The van der Waals surface area contributed by atoms with Crippen molar-refractivity contribution < 1.29 is 9.52 Å². The van der Waals surface area contributed by atoms with Gasteiger partial charge in [-0.3, -0.25) is 0 Å². The van der Waals surface area contributed by atoms with Crippen molar-refractivity contribution in [2.24, 2.45) is 5.92 Å². The minimum Gasteiger partial charge on any atom is -0.461 e. The highest BCUT2D eigenvalue weighted by Crippen LogP contribution is 2.25. The molecule has 0 unspecified atom stereocenters. The molecule has 120 valence electrons. The number of hydrogen-bond donors (Lipinski definition) is 1. The van der Waals surface area contributed by atoms with E-state index in [0.29, 0.717) is 11.8 Å². The molecule has 0 saturated carbocycles. The van der Waals surface area contributed by atoms with Crippen LogP contribution in [0.3, 0.4) is 0 Å². The summed E-state index contributed by atoms with van der Waals surface area (Å²) in [6, 6.07) is 2.01. The molecule has 1 heterocycles. The summed E-state index contributed by atoms with van der Waals surface area (Å²) in [4.78, 5) is 0. The SMILES string of the molecule is C=C(C)[C@@H](CCC#CCCl)Cc1oc(/C=C(/C)CO)cc1C. The summed E-state index contributed by atoms with van der Waals surface area (Å²) in [7, 11) is 0. The summed E-state index contributed by atoms with van der Waals surface area (Å²) in [5.41, 5.74) is 3.16. The first-order valence-electron chi connectivity index (χ1n) is 7.52. The van der Waals surface area contributed by atoms with Crippen LogP contribution in [0.25, 0.3) is 6.08 Å². The minimum absolute atomic E-state index is 0.0444. The van der Waals surface area contributed by atoms with E-state index in [2.05, 4.69) is 25.3 Å². The molecule has 1 N–H and O–H groups in total.